The van der Waals surface area contributed by atoms with Crippen molar-refractivity contribution >= 4 is 11.6 Å². The minimum atomic E-state index is -0.203. The molecule has 0 fully saturated rings. The van der Waals surface area contributed by atoms with Crippen molar-refractivity contribution in [3.63, 3.8) is 0 Å². The summed E-state index contributed by atoms with van der Waals surface area (Å²) in [6.07, 6.45) is 0. The Bertz CT molecular complexity index is 651. The third-order valence-corrected chi connectivity index (χ3v) is 3.25. The highest BCUT2D eigenvalue weighted by Gasteiger charge is 2.13. The van der Waals surface area contributed by atoms with Gasteiger partial charge in [0.05, 0.1) is 5.56 Å². The van der Waals surface area contributed by atoms with Crippen molar-refractivity contribution in [1.82, 2.24) is 5.32 Å². The summed E-state index contributed by atoms with van der Waals surface area (Å²) >= 11 is 0. The Morgan fingerprint density at radius 2 is 1.90 bits per heavy atom. The monoisotopic (exact) mass is 270 g/mol. The van der Waals surface area contributed by atoms with Gasteiger partial charge in [-0.15, -0.1) is 0 Å². The largest absolute Gasteiger partial charge is 0.456 e. The molecule has 0 aliphatic rings. The van der Waals surface area contributed by atoms with E-state index in [1.807, 2.05) is 32.0 Å². The molecule has 0 radical (unpaired) electrons. The van der Waals surface area contributed by atoms with E-state index in [-0.39, 0.29) is 5.91 Å². The zero-order valence-electron chi connectivity index (χ0n) is 11.9. The van der Waals surface area contributed by atoms with Crippen molar-refractivity contribution < 1.29 is 9.53 Å². The summed E-state index contributed by atoms with van der Waals surface area (Å²) < 4.78 is 5.88. The summed E-state index contributed by atoms with van der Waals surface area (Å²) in [6, 6.07) is 10.8. The molecular formula is C16H18N2O2. The fourth-order valence-electron chi connectivity index (χ4n) is 1.90. The minimum absolute atomic E-state index is 0.203. The number of ether oxygens (including phenoxy) is 1. The Morgan fingerprint density at radius 1 is 1.15 bits per heavy atom. The SMILES string of the molecule is CNC(=O)c1ccc(N)cc1Oc1cccc(C)c1C. The summed E-state index contributed by atoms with van der Waals surface area (Å²) in [4.78, 5) is 11.9. The van der Waals surface area contributed by atoms with Crippen LogP contribution in [-0.2, 0) is 0 Å². The van der Waals surface area contributed by atoms with Crippen molar-refractivity contribution in [2.75, 3.05) is 12.8 Å². The third kappa shape index (κ3) is 2.74. The first-order chi connectivity index (χ1) is 9.52. The molecule has 104 valence electrons. The van der Waals surface area contributed by atoms with E-state index >= 15 is 0 Å². The molecule has 0 aliphatic carbocycles. The molecule has 2 aromatic carbocycles. The highest BCUT2D eigenvalue weighted by Crippen LogP contribution is 2.30. The molecule has 0 atom stereocenters. The number of aryl methyl sites for hydroxylation is 1. The number of hydrogen-bond donors (Lipinski definition) is 2. The number of benzene rings is 2. The van der Waals surface area contributed by atoms with Gasteiger partial charge in [-0.25, -0.2) is 0 Å². The molecule has 2 rings (SSSR count). The van der Waals surface area contributed by atoms with Gasteiger partial charge >= 0.3 is 0 Å². The van der Waals surface area contributed by atoms with Gasteiger partial charge in [-0.2, -0.15) is 0 Å². The van der Waals surface area contributed by atoms with Gasteiger partial charge in [0.1, 0.15) is 11.5 Å². The molecule has 4 heteroatoms. The van der Waals surface area contributed by atoms with Crippen LogP contribution < -0.4 is 15.8 Å². The fourth-order valence-corrected chi connectivity index (χ4v) is 1.90. The second kappa shape index (κ2) is 5.65. The first-order valence-electron chi connectivity index (χ1n) is 6.38. The molecule has 4 nitrogen and oxygen atoms in total. The summed E-state index contributed by atoms with van der Waals surface area (Å²) in [6.45, 7) is 4.00. The van der Waals surface area contributed by atoms with Crippen LogP contribution in [0.3, 0.4) is 0 Å². The van der Waals surface area contributed by atoms with E-state index in [2.05, 4.69) is 5.32 Å². The van der Waals surface area contributed by atoms with Crippen LogP contribution >= 0.6 is 0 Å². The van der Waals surface area contributed by atoms with Gasteiger partial charge in [0, 0.05) is 18.8 Å². The van der Waals surface area contributed by atoms with E-state index in [4.69, 9.17) is 10.5 Å². The number of rotatable bonds is 3. The molecule has 1 amide bonds. The summed E-state index contributed by atoms with van der Waals surface area (Å²) in [5, 5.41) is 2.59. The quantitative estimate of drug-likeness (QED) is 0.842. The minimum Gasteiger partial charge on any atom is -0.456 e. The van der Waals surface area contributed by atoms with Gasteiger partial charge in [0.25, 0.3) is 5.91 Å². The van der Waals surface area contributed by atoms with Crippen LogP contribution in [0.2, 0.25) is 0 Å². The topological polar surface area (TPSA) is 64.4 Å². The number of amides is 1. The number of nitrogens with one attached hydrogen (secondary N) is 1. The maximum absolute atomic E-state index is 11.9. The summed E-state index contributed by atoms with van der Waals surface area (Å²) in [7, 11) is 1.58. The lowest BCUT2D eigenvalue weighted by Crippen LogP contribution is -2.18. The molecule has 0 aromatic heterocycles. The summed E-state index contributed by atoms with van der Waals surface area (Å²) in [5.74, 6) is 0.976. The summed E-state index contributed by atoms with van der Waals surface area (Å²) in [5.41, 5.74) is 8.97. The number of nitrogen functional groups attached to an aromatic ring is 1. The molecule has 0 spiro atoms. The second-order valence-electron chi connectivity index (χ2n) is 4.63. The van der Waals surface area contributed by atoms with Crippen molar-refractivity contribution in [3.05, 3.63) is 53.1 Å². The Labute approximate surface area is 118 Å². The van der Waals surface area contributed by atoms with Crippen LogP contribution in [0, 0.1) is 13.8 Å². The molecular weight excluding hydrogens is 252 g/mol. The molecule has 0 saturated heterocycles. The lowest BCUT2D eigenvalue weighted by Gasteiger charge is -2.14. The van der Waals surface area contributed by atoms with Crippen molar-refractivity contribution in [2.24, 2.45) is 0 Å². The van der Waals surface area contributed by atoms with Gasteiger partial charge in [-0.3, -0.25) is 4.79 Å². The normalized spacial score (nSPS) is 10.2. The average Bonchev–Trinajstić information content (AvgIpc) is 2.43. The van der Waals surface area contributed by atoms with Gasteiger partial charge in [-0.1, -0.05) is 12.1 Å². The zero-order chi connectivity index (χ0) is 14.7. The zero-order valence-corrected chi connectivity index (χ0v) is 11.9. The predicted molar refractivity (Wildman–Crippen MR) is 80.2 cm³/mol. The highest BCUT2D eigenvalue weighted by molar-refractivity contribution is 5.97. The molecule has 20 heavy (non-hydrogen) atoms. The molecule has 2 aromatic rings. The van der Waals surface area contributed by atoms with E-state index in [0.717, 1.165) is 16.9 Å². The van der Waals surface area contributed by atoms with Gasteiger partial charge in [0.15, 0.2) is 0 Å². The molecule has 0 unspecified atom stereocenters. The average molecular weight is 270 g/mol. The second-order valence-corrected chi connectivity index (χ2v) is 4.63. The molecule has 0 bridgehead atoms. The van der Waals surface area contributed by atoms with Crippen LogP contribution in [0.4, 0.5) is 5.69 Å². The number of hydrogen-bond acceptors (Lipinski definition) is 3. The van der Waals surface area contributed by atoms with E-state index in [1.165, 1.54) is 0 Å². The van der Waals surface area contributed by atoms with Gasteiger partial charge in [0.2, 0.25) is 0 Å². The Hall–Kier alpha value is -2.49. The third-order valence-electron chi connectivity index (χ3n) is 3.25. The van der Waals surface area contributed by atoms with Crippen molar-refractivity contribution in [1.29, 1.82) is 0 Å². The molecule has 3 N–H and O–H groups in total. The van der Waals surface area contributed by atoms with Crippen molar-refractivity contribution in [2.45, 2.75) is 13.8 Å². The first kappa shape index (κ1) is 13.9. The molecule has 0 heterocycles. The lowest BCUT2D eigenvalue weighted by atomic mass is 10.1. The van der Waals surface area contributed by atoms with E-state index in [9.17, 15) is 4.79 Å². The van der Waals surface area contributed by atoms with E-state index < -0.39 is 0 Å². The number of nitrogens with two attached hydrogens (primary N) is 1. The number of carbonyl (C=O) groups is 1. The molecule has 0 saturated carbocycles. The van der Waals surface area contributed by atoms with Crippen LogP contribution in [0.5, 0.6) is 11.5 Å². The fraction of sp³-hybridized carbons (Fsp3) is 0.188. The maximum atomic E-state index is 11.9. The smallest absolute Gasteiger partial charge is 0.254 e. The predicted octanol–water partition coefficient (Wildman–Crippen LogP) is 3.04. The van der Waals surface area contributed by atoms with Gasteiger partial charge < -0.3 is 15.8 Å². The molecule has 0 aliphatic heterocycles. The number of carbonyl (C=O) groups excluding carboxylic acids is 1. The maximum Gasteiger partial charge on any atom is 0.254 e. The van der Waals surface area contributed by atoms with Gasteiger partial charge in [-0.05, 0) is 43.2 Å². The number of anilines is 1. The van der Waals surface area contributed by atoms with E-state index in [1.54, 1.807) is 25.2 Å². The Balaban J connectivity index is 2.44. The van der Waals surface area contributed by atoms with Crippen LogP contribution in [0.1, 0.15) is 21.5 Å². The van der Waals surface area contributed by atoms with Crippen LogP contribution in [0.15, 0.2) is 36.4 Å². The standard InChI is InChI=1S/C16H18N2O2/c1-10-5-4-6-14(11(10)2)20-15-9-12(17)7-8-13(15)16(19)18-3/h4-9H,17H2,1-3H3,(H,18,19). The first-order valence-corrected chi connectivity index (χ1v) is 6.38. The Morgan fingerprint density at radius 3 is 2.60 bits per heavy atom. The Kier molecular flexibility index (Phi) is 3.94. The highest BCUT2D eigenvalue weighted by atomic mass is 16.5. The van der Waals surface area contributed by atoms with Crippen LogP contribution in [0.25, 0.3) is 0 Å². The lowest BCUT2D eigenvalue weighted by molar-refractivity contribution is 0.0961. The van der Waals surface area contributed by atoms with Crippen LogP contribution in [-0.4, -0.2) is 13.0 Å². The van der Waals surface area contributed by atoms with E-state index in [0.29, 0.717) is 17.0 Å². The van der Waals surface area contributed by atoms with Crippen molar-refractivity contribution in [3.8, 4) is 11.5 Å².